The Morgan fingerprint density at radius 2 is 1.60 bits per heavy atom. The van der Waals surface area contributed by atoms with Gasteiger partial charge in [0.2, 0.25) is 0 Å². The van der Waals surface area contributed by atoms with Crippen LogP contribution >= 0.6 is 0 Å². The van der Waals surface area contributed by atoms with E-state index < -0.39 is 5.97 Å². The van der Waals surface area contributed by atoms with Crippen molar-refractivity contribution in [2.24, 2.45) is 0 Å². The van der Waals surface area contributed by atoms with Gasteiger partial charge in [-0.15, -0.1) is 0 Å². The number of hydrogen-bond acceptors (Lipinski definition) is 5. The summed E-state index contributed by atoms with van der Waals surface area (Å²) in [6, 6.07) is 15.8. The van der Waals surface area contributed by atoms with Crippen molar-refractivity contribution in [3.8, 4) is 23.6 Å². The van der Waals surface area contributed by atoms with Gasteiger partial charge in [0.25, 0.3) is 0 Å². The molecule has 0 saturated carbocycles. The number of hydrogen-bond donors (Lipinski definition) is 0. The second kappa shape index (κ2) is 8.33. The average molecular weight is 332 g/mol. The fraction of sp³-hybridized carbons (Fsp3) is 0.150. The van der Waals surface area contributed by atoms with E-state index >= 15 is 0 Å². The highest BCUT2D eigenvalue weighted by Crippen LogP contribution is 2.17. The largest absolute Gasteiger partial charge is 0.482 e. The lowest BCUT2D eigenvalue weighted by Crippen LogP contribution is -2.17. The number of benzene rings is 2. The first-order chi connectivity index (χ1) is 12.0. The average Bonchev–Trinajstić information content (AvgIpc) is 2.58. The van der Waals surface area contributed by atoms with E-state index in [0.717, 1.165) is 11.1 Å². The van der Waals surface area contributed by atoms with Gasteiger partial charge < -0.3 is 9.47 Å². The zero-order chi connectivity index (χ0) is 18.2. The predicted molar refractivity (Wildman–Crippen MR) is 92.7 cm³/mol. The smallest absolute Gasteiger partial charge is 0.349 e. The molecule has 0 saturated heterocycles. The Bertz CT molecular complexity index is 848. The van der Waals surface area contributed by atoms with E-state index in [-0.39, 0.29) is 12.2 Å². The Hall–Kier alpha value is -3.57. The summed E-state index contributed by atoms with van der Waals surface area (Å²) in [5.74, 6) is 0.467. The van der Waals surface area contributed by atoms with Crippen LogP contribution in [0.15, 0.2) is 48.0 Å². The highest BCUT2D eigenvalue weighted by Gasteiger charge is 2.07. The van der Waals surface area contributed by atoms with E-state index in [9.17, 15) is 4.79 Å². The van der Waals surface area contributed by atoms with Crippen molar-refractivity contribution in [1.82, 2.24) is 0 Å². The second-order valence-electron chi connectivity index (χ2n) is 5.44. The lowest BCUT2D eigenvalue weighted by Gasteiger charge is -2.08. The standard InChI is InChI=1S/C20H16N2O3/c1-14-7-15(2)9-19(8-14)24-13-20(23)25-18-5-3-16(4-6-18)10-17(11-21)12-22/h3-10H,13H2,1-2H3. The topological polar surface area (TPSA) is 83.1 Å². The summed E-state index contributed by atoms with van der Waals surface area (Å²) in [6.07, 6.45) is 1.45. The summed E-state index contributed by atoms with van der Waals surface area (Å²) in [7, 11) is 0. The number of nitrogens with zero attached hydrogens (tertiary/aromatic N) is 2. The van der Waals surface area contributed by atoms with E-state index in [1.165, 1.54) is 6.08 Å². The quantitative estimate of drug-likeness (QED) is 0.473. The summed E-state index contributed by atoms with van der Waals surface area (Å²) < 4.78 is 10.6. The molecule has 0 fully saturated rings. The van der Waals surface area contributed by atoms with Crippen LogP contribution in [0.1, 0.15) is 16.7 Å². The number of allylic oxidation sites excluding steroid dienone is 1. The molecule has 2 aromatic carbocycles. The maximum Gasteiger partial charge on any atom is 0.349 e. The van der Waals surface area contributed by atoms with E-state index in [1.807, 2.05) is 32.0 Å². The van der Waals surface area contributed by atoms with Gasteiger partial charge in [-0.05, 0) is 60.9 Å². The monoisotopic (exact) mass is 332 g/mol. The molecule has 5 nitrogen and oxygen atoms in total. The minimum Gasteiger partial charge on any atom is -0.482 e. The number of aryl methyl sites for hydroxylation is 2. The van der Waals surface area contributed by atoms with Crippen molar-refractivity contribution in [1.29, 1.82) is 10.5 Å². The van der Waals surface area contributed by atoms with Crippen molar-refractivity contribution >= 4 is 12.0 Å². The van der Waals surface area contributed by atoms with Gasteiger partial charge in [0.05, 0.1) is 0 Å². The van der Waals surface area contributed by atoms with Gasteiger partial charge in [-0.25, -0.2) is 4.79 Å². The Morgan fingerprint density at radius 1 is 1.00 bits per heavy atom. The predicted octanol–water partition coefficient (Wildman–Crippen LogP) is 3.72. The first-order valence-electron chi connectivity index (χ1n) is 7.54. The number of carbonyl (C=O) groups excluding carboxylic acids is 1. The van der Waals surface area contributed by atoms with Crippen molar-refractivity contribution < 1.29 is 14.3 Å². The van der Waals surface area contributed by atoms with Gasteiger partial charge in [0.15, 0.2) is 6.61 Å². The van der Waals surface area contributed by atoms with Gasteiger partial charge in [-0.2, -0.15) is 10.5 Å². The molecular formula is C20H16N2O3. The summed E-state index contributed by atoms with van der Waals surface area (Å²) in [5.41, 5.74) is 2.79. The van der Waals surface area contributed by atoms with Gasteiger partial charge in [0, 0.05) is 0 Å². The van der Waals surface area contributed by atoms with Gasteiger partial charge in [-0.1, -0.05) is 18.2 Å². The third-order valence-corrected chi connectivity index (χ3v) is 3.22. The van der Waals surface area contributed by atoms with Gasteiger partial charge in [-0.3, -0.25) is 0 Å². The normalized spacial score (nSPS) is 9.44. The number of carbonyl (C=O) groups is 1. The molecule has 5 heteroatoms. The summed E-state index contributed by atoms with van der Waals surface area (Å²) >= 11 is 0. The minimum atomic E-state index is -0.516. The lowest BCUT2D eigenvalue weighted by atomic mass is 10.1. The molecule has 0 atom stereocenters. The van der Waals surface area contributed by atoms with Gasteiger partial charge in [0.1, 0.15) is 29.2 Å². The van der Waals surface area contributed by atoms with Crippen molar-refractivity contribution in [3.05, 3.63) is 64.7 Å². The number of esters is 1. The van der Waals surface area contributed by atoms with Crippen LogP contribution in [0.3, 0.4) is 0 Å². The van der Waals surface area contributed by atoms with Crippen LogP contribution in [0, 0.1) is 36.5 Å². The zero-order valence-electron chi connectivity index (χ0n) is 13.9. The van der Waals surface area contributed by atoms with Gasteiger partial charge >= 0.3 is 5.97 Å². The second-order valence-corrected chi connectivity index (χ2v) is 5.44. The number of rotatable bonds is 5. The molecule has 0 aliphatic rings. The molecule has 0 N–H and O–H groups in total. The van der Waals surface area contributed by atoms with Crippen molar-refractivity contribution in [2.75, 3.05) is 6.61 Å². The fourth-order valence-corrected chi connectivity index (χ4v) is 2.21. The Labute approximate surface area is 146 Å². The molecule has 0 radical (unpaired) electrons. The molecule has 0 bridgehead atoms. The molecule has 25 heavy (non-hydrogen) atoms. The van der Waals surface area contributed by atoms with Crippen LogP contribution in [0.4, 0.5) is 0 Å². The van der Waals surface area contributed by atoms with Crippen molar-refractivity contribution in [3.63, 3.8) is 0 Å². The molecule has 0 unspecified atom stereocenters. The van der Waals surface area contributed by atoms with Crippen LogP contribution in [-0.2, 0) is 4.79 Å². The van der Waals surface area contributed by atoms with Crippen LogP contribution in [0.25, 0.3) is 6.08 Å². The molecule has 0 aliphatic carbocycles. The Kier molecular flexibility index (Phi) is 5.92. The summed E-state index contributed by atoms with van der Waals surface area (Å²) in [5, 5.41) is 17.4. The SMILES string of the molecule is Cc1cc(C)cc(OCC(=O)Oc2ccc(C=C(C#N)C#N)cc2)c1. The van der Waals surface area contributed by atoms with E-state index in [2.05, 4.69) is 0 Å². The Morgan fingerprint density at radius 3 is 2.16 bits per heavy atom. The first-order valence-corrected chi connectivity index (χ1v) is 7.54. The first kappa shape index (κ1) is 17.8. The highest BCUT2D eigenvalue weighted by atomic mass is 16.6. The maximum absolute atomic E-state index is 11.9. The molecule has 0 amide bonds. The van der Waals surface area contributed by atoms with E-state index in [4.69, 9.17) is 20.0 Å². The lowest BCUT2D eigenvalue weighted by molar-refractivity contribution is -0.136. The Balaban J connectivity index is 1.93. The third kappa shape index (κ3) is 5.53. The number of ether oxygens (including phenoxy) is 2. The molecule has 0 aliphatic heterocycles. The zero-order valence-corrected chi connectivity index (χ0v) is 13.9. The molecule has 0 aromatic heterocycles. The molecular weight excluding hydrogens is 316 g/mol. The molecule has 2 aromatic rings. The molecule has 0 spiro atoms. The number of nitriles is 2. The molecule has 124 valence electrons. The van der Waals surface area contributed by atoms with Crippen LogP contribution in [0.5, 0.6) is 11.5 Å². The van der Waals surface area contributed by atoms with Crippen LogP contribution in [0.2, 0.25) is 0 Å². The molecule has 2 rings (SSSR count). The highest BCUT2D eigenvalue weighted by molar-refractivity contribution is 5.74. The summed E-state index contributed by atoms with van der Waals surface area (Å²) in [4.78, 5) is 11.9. The fourth-order valence-electron chi connectivity index (χ4n) is 2.21. The van der Waals surface area contributed by atoms with E-state index in [0.29, 0.717) is 17.1 Å². The third-order valence-electron chi connectivity index (χ3n) is 3.22. The van der Waals surface area contributed by atoms with E-state index in [1.54, 1.807) is 36.4 Å². The maximum atomic E-state index is 11.9. The summed E-state index contributed by atoms with van der Waals surface area (Å²) in [6.45, 7) is 3.72. The van der Waals surface area contributed by atoms with Crippen LogP contribution < -0.4 is 9.47 Å². The van der Waals surface area contributed by atoms with Crippen LogP contribution in [-0.4, -0.2) is 12.6 Å². The molecule has 0 heterocycles. The minimum absolute atomic E-state index is 0.00610. The van der Waals surface area contributed by atoms with Crippen molar-refractivity contribution in [2.45, 2.75) is 13.8 Å².